The summed E-state index contributed by atoms with van der Waals surface area (Å²) in [4.78, 5) is 13.2. The predicted molar refractivity (Wildman–Crippen MR) is 75.6 cm³/mol. The Balaban J connectivity index is 2.27. The van der Waals surface area contributed by atoms with Gasteiger partial charge in [0.25, 0.3) is 5.91 Å². The maximum Gasteiger partial charge on any atom is 0.416 e. The molecule has 0 radical (unpaired) electrons. The van der Waals surface area contributed by atoms with Crippen LogP contribution in [0.2, 0.25) is 0 Å². The quantitative estimate of drug-likeness (QED) is 0.700. The van der Waals surface area contributed by atoms with E-state index in [9.17, 15) is 31.1 Å². The van der Waals surface area contributed by atoms with Crippen molar-refractivity contribution < 1.29 is 31.1 Å². The van der Waals surface area contributed by atoms with Gasteiger partial charge in [-0.15, -0.1) is 0 Å². The van der Waals surface area contributed by atoms with Crippen LogP contribution < -0.4 is 4.90 Å². The lowest BCUT2D eigenvalue weighted by Gasteiger charge is -2.19. The first kappa shape index (κ1) is 17.8. The number of anilines is 1. The molecule has 0 unspecified atom stereocenters. The molecule has 0 aliphatic rings. The lowest BCUT2D eigenvalue weighted by Crippen LogP contribution is -2.26. The van der Waals surface area contributed by atoms with Gasteiger partial charge in [-0.2, -0.15) is 26.3 Å². The molecule has 0 saturated heterocycles. The average Bonchev–Trinajstić information content (AvgIpc) is 2.52. The fraction of sp³-hybridized carbons (Fsp3) is 0.188. The zero-order valence-corrected chi connectivity index (χ0v) is 12.2. The third-order valence-corrected chi connectivity index (χ3v) is 3.32. The van der Waals surface area contributed by atoms with Crippen LogP contribution in [0.3, 0.4) is 0 Å². The Hall–Kier alpha value is -2.51. The van der Waals surface area contributed by atoms with E-state index in [1.54, 1.807) is 0 Å². The van der Waals surface area contributed by atoms with Crippen molar-refractivity contribution in [2.75, 3.05) is 11.9 Å². The molecule has 0 fully saturated rings. The van der Waals surface area contributed by atoms with Gasteiger partial charge in [-0.25, -0.2) is 0 Å². The molecule has 0 saturated carbocycles. The largest absolute Gasteiger partial charge is 0.416 e. The topological polar surface area (TPSA) is 20.3 Å². The number of hydrogen-bond donors (Lipinski definition) is 0. The highest BCUT2D eigenvalue weighted by molar-refractivity contribution is 6.05. The molecule has 2 aromatic rings. The summed E-state index contributed by atoms with van der Waals surface area (Å²) < 4.78 is 75.6. The summed E-state index contributed by atoms with van der Waals surface area (Å²) in [6.45, 7) is 0. The van der Waals surface area contributed by atoms with Gasteiger partial charge in [-0.3, -0.25) is 4.79 Å². The number of amides is 1. The van der Waals surface area contributed by atoms with Crippen LogP contribution in [0.4, 0.5) is 32.0 Å². The van der Waals surface area contributed by atoms with E-state index in [0.29, 0.717) is 0 Å². The van der Waals surface area contributed by atoms with Crippen LogP contribution in [-0.2, 0) is 12.4 Å². The number of carbonyl (C=O) groups is 1. The van der Waals surface area contributed by atoms with E-state index in [-0.39, 0.29) is 11.3 Å². The van der Waals surface area contributed by atoms with Crippen LogP contribution in [0.25, 0.3) is 0 Å². The van der Waals surface area contributed by atoms with Crippen LogP contribution >= 0.6 is 0 Å². The second-order valence-electron chi connectivity index (χ2n) is 4.99. The highest BCUT2D eigenvalue weighted by Crippen LogP contribution is 2.32. The number of halogens is 6. The van der Waals surface area contributed by atoms with Gasteiger partial charge in [0.2, 0.25) is 0 Å². The normalized spacial score (nSPS) is 12.1. The van der Waals surface area contributed by atoms with E-state index in [4.69, 9.17) is 0 Å². The van der Waals surface area contributed by atoms with Crippen LogP contribution in [0.1, 0.15) is 21.5 Å². The minimum Gasteiger partial charge on any atom is -0.311 e. The summed E-state index contributed by atoms with van der Waals surface area (Å²) in [7, 11) is 1.25. The van der Waals surface area contributed by atoms with Gasteiger partial charge >= 0.3 is 12.4 Å². The fourth-order valence-corrected chi connectivity index (χ4v) is 2.00. The smallest absolute Gasteiger partial charge is 0.311 e. The highest BCUT2D eigenvalue weighted by atomic mass is 19.4. The molecular weight excluding hydrogens is 336 g/mol. The lowest BCUT2D eigenvalue weighted by molar-refractivity contribution is -0.138. The Labute approximate surface area is 133 Å². The number of alkyl halides is 6. The van der Waals surface area contributed by atoms with Crippen LogP contribution in [0, 0.1) is 0 Å². The standard InChI is InChI=1S/C16H11F6NO/c1-23(13-4-2-3-12(9-13)16(20,21)22)14(24)10-5-7-11(8-6-10)15(17,18)19/h2-9H,1H3. The number of carbonyl (C=O) groups excluding carboxylic acids is 1. The van der Waals surface area contributed by atoms with E-state index >= 15 is 0 Å². The van der Waals surface area contributed by atoms with Crippen LogP contribution in [0.5, 0.6) is 0 Å². The third-order valence-electron chi connectivity index (χ3n) is 3.32. The van der Waals surface area contributed by atoms with Crippen molar-refractivity contribution in [3.05, 3.63) is 65.2 Å². The summed E-state index contributed by atoms with van der Waals surface area (Å²) in [5.41, 5.74) is -1.93. The van der Waals surface area contributed by atoms with Gasteiger partial charge in [-0.1, -0.05) is 6.07 Å². The number of rotatable bonds is 2. The Bertz CT molecular complexity index is 733. The highest BCUT2D eigenvalue weighted by Gasteiger charge is 2.32. The van der Waals surface area contributed by atoms with Gasteiger partial charge in [0.1, 0.15) is 0 Å². The van der Waals surface area contributed by atoms with Crippen molar-refractivity contribution in [2.24, 2.45) is 0 Å². The monoisotopic (exact) mass is 347 g/mol. The van der Waals surface area contributed by atoms with Crippen molar-refractivity contribution in [3.8, 4) is 0 Å². The molecule has 2 rings (SSSR count). The van der Waals surface area contributed by atoms with E-state index < -0.39 is 29.4 Å². The average molecular weight is 347 g/mol. The van der Waals surface area contributed by atoms with Crippen molar-refractivity contribution in [3.63, 3.8) is 0 Å². The first-order chi connectivity index (χ1) is 11.0. The van der Waals surface area contributed by atoms with Crippen molar-refractivity contribution in [1.29, 1.82) is 0 Å². The van der Waals surface area contributed by atoms with Gasteiger partial charge in [0, 0.05) is 18.3 Å². The molecule has 2 nitrogen and oxygen atoms in total. The Morgan fingerprint density at radius 3 is 1.88 bits per heavy atom. The Morgan fingerprint density at radius 1 is 0.833 bits per heavy atom. The van der Waals surface area contributed by atoms with Gasteiger partial charge in [-0.05, 0) is 42.5 Å². The first-order valence-electron chi connectivity index (χ1n) is 6.63. The molecule has 0 aliphatic carbocycles. The molecule has 0 aliphatic heterocycles. The molecule has 1 amide bonds. The van der Waals surface area contributed by atoms with Crippen molar-refractivity contribution >= 4 is 11.6 Å². The number of hydrogen-bond acceptors (Lipinski definition) is 1. The Kier molecular flexibility index (Phi) is 4.59. The summed E-state index contributed by atoms with van der Waals surface area (Å²) in [6, 6.07) is 7.55. The number of nitrogens with zero attached hydrogens (tertiary/aromatic N) is 1. The SMILES string of the molecule is CN(C(=O)c1ccc(C(F)(F)F)cc1)c1cccc(C(F)(F)F)c1. The zero-order chi connectivity index (χ0) is 18.1. The van der Waals surface area contributed by atoms with Crippen molar-refractivity contribution in [1.82, 2.24) is 0 Å². The van der Waals surface area contributed by atoms with E-state index in [1.165, 1.54) is 13.1 Å². The summed E-state index contributed by atoms with van der Waals surface area (Å²) in [6.07, 6.45) is -9.09. The molecule has 0 N–H and O–H groups in total. The molecule has 0 bridgehead atoms. The molecule has 0 atom stereocenters. The molecule has 0 spiro atoms. The van der Waals surface area contributed by atoms with E-state index in [2.05, 4.69) is 0 Å². The van der Waals surface area contributed by atoms with Gasteiger partial charge in [0.05, 0.1) is 11.1 Å². The fourth-order valence-electron chi connectivity index (χ4n) is 2.00. The second-order valence-corrected chi connectivity index (χ2v) is 4.99. The molecular formula is C16H11F6NO. The zero-order valence-electron chi connectivity index (χ0n) is 12.2. The number of benzene rings is 2. The summed E-state index contributed by atoms with van der Waals surface area (Å²) >= 11 is 0. The minimum atomic E-state index is -4.56. The van der Waals surface area contributed by atoms with Crippen LogP contribution in [-0.4, -0.2) is 13.0 Å². The summed E-state index contributed by atoms with van der Waals surface area (Å²) in [5.74, 6) is -0.719. The predicted octanol–water partition coefficient (Wildman–Crippen LogP) is 5.00. The Morgan fingerprint density at radius 2 is 1.38 bits per heavy atom. The molecule has 0 heterocycles. The third kappa shape index (κ3) is 3.87. The van der Waals surface area contributed by atoms with E-state index in [1.807, 2.05) is 0 Å². The minimum absolute atomic E-state index is 0.0188. The molecule has 24 heavy (non-hydrogen) atoms. The lowest BCUT2D eigenvalue weighted by atomic mass is 10.1. The van der Waals surface area contributed by atoms with Gasteiger partial charge < -0.3 is 4.90 Å². The van der Waals surface area contributed by atoms with Crippen molar-refractivity contribution in [2.45, 2.75) is 12.4 Å². The molecule has 8 heteroatoms. The molecule has 2 aromatic carbocycles. The summed E-state index contributed by atoms with van der Waals surface area (Å²) in [5, 5.41) is 0. The van der Waals surface area contributed by atoms with Gasteiger partial charge in [0.15, 0.2) is 0 Å². The van der Waals surface area contributed by atoms with E-state index in [0.717, 1.165) is 47.4 Å². The second kappa shape index (κ2) is 6.18. The maximum atomic E-state index is 12.7. The van der Waals surface area contributed by atoms with Crippen LogP contribution in [0.15, 0.2) is 48.5 Å². The molecule has 128 valence electrons. The first-order valence-corrected chi connectivity index (χ1v) is 6.63. The maximum absolute atomic E-state index is 12.7. The molecule has 0 aromatic heterocycles.